The Morgan fingerprint density at radius 1 is 1.17 bits per heavy atom. The molecule has 4 aromatic rings. The average molecular weight is 408 g/mol. The van der Waals surface area contributed by atoms with Crippen LogP contribution in [-0.2, 0) is 7.05 Å². The van der Waals surface area contributed by atoms with E-state index in [-0.39, 0.29) is 18.0 Å². The molecule has 3 N–H and O–H groups in total. The van der Waals surface area contributed by atoms with Crippen LogP contribution in [0.1, 0.15) is 28.9 Å². The van der Waals surface area contributed by atoms with Gasteiger partial charge in [-0.25, -0.2) is 9.50 Å². The molecule has 0 aromatic carbocycles. The van der Waals surface area contributed by atoms with Gasteiger partial charge in [0.1, 0.15) is 0 Å². The van der Waals surface area contributed by atoms with Crippen LogP contribution >= 0.6 is 11.3 Å². The van der Waals surface area contributed by atoms with E-state index in [9.17, 15) is 4.79 Å². The first kappa shape index (κ1) is 18.0. The molecule has 0 aliphatic heterocycles. The number of carbonyl (C=O) groups excluding carboxylic acids is 1. The highest BCUT2D eigenvalue weighted by Gasteiger charge is 2.26. The molecular weight excluding hydrogens is 386 g/mol. The topological polar surface area (TPSA) is 103 Å². The summed E-state index contributed by atoms with van der Waals surface area (Å²) in [5, 5.41) is 13.7. The first-order chi connectivity index (χ1) is 14.1. The van der Waals surface area contributed by atoms with Gasteiger partial charge in [-0.1, -0.05) is 0 Å². The maximum Gasteiger partial charge on any atom is 0.261 e. The zero-order valence-corrected chi connectivity index (χ0v) is 16.8. The highest BCUT2D eigenvalue weighted by Crippen LogP contribution is 2.29. The van der Waals surface area contributed by atoms with E-state index in [4.69, 9.17) is 5.73 Å². The number of nitrogens with zero attached hydrogens (tertiary/aromatic N) is 5. The van der Waals surface area contributed by atoms with Gasteiger partial charge in [0.15, 0.2) is 5.65 Å². The summed E-state index contributed by atoms with van der Waals surface area (Å²) in [4.78, 5) is 17.9. The molecule has 0 spiro atoms. The fourth-order valence-electron chi connectivity index (χ4n) is 3.80. The monoisotopic (exact) mass is 407 g/mol. The second-order valence-electron chi connectivity index (χ2n) is 7.45. The maximum atomic E-state index is 12.6. The summed E-state index contributed by atoms with van der Waals surface area (Å²) >= 11 is 1.42. The first-order valence-electron chi connectivity index (χ1n) is 9.56. The van der Waals surface area contributed by atoms with Crippen LogP contribution in [0.5, 0.6) is 0 Å². The van der Waals surface area contributed by atoms with Crippen LogP contribution in [-0.4, -0.2) is 42.4 Å². The molecule has 1 fully saturated rings. The van der Waals surface area contributed by atoms with Crippen molar-refractivity contribution >= 4 is 22.9 Å². The van der Waals surface area contributed by atoms with Gasteiger partial charge in [-0.3, -0.25) is 9.48 Å². The number of thiophene rings is 1. The minimum atomic E-state index is -0.0631. The summed E-state index contributed by atoms with van der Waals surface area (Å²) in [7, 11) is 1.88. The Morgan fingerprint density at radius 2 is 2.03 bits per heavy atom. The number of aryl methyl sites for hydroxylation is 1. The van der Waals surface area contributed by atoms with Gasteiger partial charge in [-0.05, 0) is 36.3 Å². The minimum absolute atomic E-state index is 0.0520. The number of fused-ring (bicyclic) bond motifs is 1. The van der Waals surface area contributed by atoms with E-state index in [1.165, 1.54) is 11.3 Å². The zero-order chi connectivity index (χ0) is 20.0. The van der Waals surface area contributed by atoms with Gasteiger partial charge in [-0.2, -0.15) is 10.2 Å². The van der Waals surface area contributed by atoms with Gasteiger partial charge >= 0.3 is 0 Å². The van der Waals surface area contributed by atoms with Crippen molar-refractivity contribution in [3.05, 3.63) is 47.3 Å². The van der Waals surface area contributed by atoms with Crippen LogP contribution in [0.3, 0.4) is 0 Å². The molecule has 5 rings (SSSR count). The number of nitrogens with one attached hydrogen (secondary N) is 1. The number of nitrogens with two attached hydrogens (primary N) is 1. The molecular formula is C20H21N7OS. The number of hydrogen-bond acceptors (Lipinski definition) is 6. The van der Waals surface area contributed by atoms with Crippen LogP contribution in [0.15, 0.2) is 42.4 Å². The molecule has 1 amide bonds. The van der Waals surface area contributed by atoms with Crippen LogP contribution in [0.2, 0.25) is 0 Å². The Morgan fingerprint density at radius 3 is 2.79 bits per heavy atom. The zero-order valence-electron chi connectivity index (χ0n) is 15.9. The largest absolute Gasteiger partial charge is 0.347 e. The van der Waals surface area contributed by atoms with E-state index in [1.54, 1.807) is 21.6 Å². The van der Waals surface area contributed by atoms with E-state index in [0.29, 0.717) is 4.88 Å². The molecule has 1 aliphatic carbocycles. The lowest BCUT2D eigenvalue weighted by molar-refractivity contribution is 0.0938. The Bertz CT molecular complexity index is 1190. The molecule has 0 radical (unpaired) electrons. The van der Waals surface area contributed by atoms with Crippen molar-refractivity contribution < 1.29 is 4.79 Å². The van der Waals surface area contributed by atoms with E-state index < -0.39 is 0 Å². The van der Waals surface area contributed by atoms with Crippen molar-refractivity contribution in [3.63, 3.8) is 0 Å². The van der Waals surface area contributed by atoms with E-state index in [2.05, 4.69) is 20.5 Å². The maximum absolute atomic E-state index is 12.6. The Labute approximate surface area is 171 Å². The van der Waals surface area contributed by atoms with E-state index in [1.807, 2.05) is 37.1 Å². The predicted molar refractivity (Wildman–Crippen MR) is 112 cm³/mol. The molecule has 4 heterocycles. The fourth-order valence-corrected chi connectivity index (χ4v) is 4.61. The summed E-state index contributed by atoms with van der Waals surface area (Å²) in [6, 6.07) is 2.02. The SMILES string of the molecule is Cn1cc(-c2cnc3c(-c4csc(C(=O)N[C@@H]5CCC[C@@H]5N)c4)cnn3c2)cn1. The van der Waals surface area contributed by atoms with Crippen LogP contribution < -0.4 is 11.1 Å². The molecule has 0 bridgehead atoms. The first-order valence-corrected chi connectivity index (χ1v) is 10.4. The summed E-state index contributed by atoms with van der Waals surface area (Å²) < 4.78 is 3.51. The van der Waals surface area contributed by atoms with Gasteiger partial charge in [-0.15, -0.1) is 11.3 Å². The number of amides is 1. The summed E-state index contributed by atoms with van der Waals surface area (Å²) in [5.74, 6) is -0.0631. The van der Waals surface area contributed by atoms with Crippen LogP contribution in [0.25, 0.3) is 27.9 Å². The standard InChI is InChI=1S/C20H21N7OS/c1-26-9-14(7-23-26)13-6-22-19-15(8-24-27(19)10-13)12-5-18(29-11-12)20(28)25-17-4-2-3-16(17)21/h5-11,16-17H,2-4,21H2,1H3,(H,25,28)/t16-,17+/m0/s1. The number of rotatable bonds is 4. The molecule has 0 unspecified atom stereocenters. The van der Waals surface area contributed by atoms with Crippen LogP contribution in [0.4, 0.5) is 0 Å². The van der Waals surface area contributed by atoms with E-state index in [0.717, 1.165) is 47.2 Å². The van der Waals surface area contributed by atoms with Crippen molar-refractivity contribution in [1.29, 1.82) is 0 Å². The van der Waals surface area contributed by atoms with E-state index >= 15 is 0 Å². The number of carbonyl (C=O) groups is 1. The van der Waals surface area contributed by atoms with Crippen molar-refractivity contribution in [1.82, 2.24) is 29.7 Å². The fraction of sp³-hybridized carbons (Fsp3) is 0.300. The second kappa shape index (κ2) is 7.09. The Hall–Kier alpha value is -3.04. The second-order valence-corrected chi connectivity index (χ2v) is 8.36. The van der Waals surface area contributed by atoms with Gasteiger partial charge in [0.25, 0.3) is 5.91 Å². The van der Waals surface area contributed by atoms with Gasteiger partial charge < -0.3 is 11.1 Å². The molecule has 4 aromatic heterocycles. The lowest BCUT2D eigenvalue weighted by Crippen LogP contribution is -2.43. The molecule has 1 saturated carbocycles. The lowest BCUT2D eigenvalue weighted by atomic mass is 10.1. The van der Waals surface area contributed by atoms with Gasteiger partial charge in [0.05, 0.1) is 17.3 Å². The summed E-state index contributed by atoms with van der Waals surface area (Å²) in [6.07, 6.45) is 12.3. The lowest BCUT2D eigenvalue weighted by Gasteiger charge is -2.16. The van der Waals surface area contributed by atoms with Crippen molar-refractivity contribution in [2.24, 2.45) is 12.8 Å². The summed E-state index contributed by atoms with van der Waals surface area (Å²) in [5.41, 5.74) is 10.6. The number of aromatic nitrogens is 5. The molecule has 8 nitrogen and oxygen atoms in total. The van der Waals surface area contributed by atoms with Crippen LogP contribution in [0, 0.1) is 0 Å². The smallest absolute Gasteiger partial charge is 0.261 e. The highest BCUT2D eigenvalue weighted by atomic mass is 32.1. The predicted octanol–water partition coefficient (Wildman–Crippen LogP) is 2.47. The minimum Gasteiger partial charge on any atom is -0.347 e. The molecule has 148 valence electrons. The average Bonchev–Trinajstić information content (AvgIpc) is 3.48. The third kappa shape index (κ3) is 3.32. The van der Waals surface area contributed by atoms with Crippen molar-refractivity contribution in [2.75, 3.05) is 0 Å². The quantitative estimate of drug-likeness (QED) is 0.541. The third-order valence-electron chi connectivity index (χ3n) is 5.41. The highest BCUT2D eigenvalue weighted by molar-refractivity contribution is 7.12. The molecule has 1 aliphatic rings. The molecule has 9 heteroatoms. The normalized spacial score (nSPS) is 19.1. The Balaban J connectivity index is 1.40. The van der Waals surface area contributed by atoms with Gasteiger partial charge in [0.2, 0.25) is 0 Å². The number of hydrogen-bond donors (Lipinski definition) is 2. The molecule has 0 saturated heterocycles. The summed E-state index contributed by atoms with van der Waals surface area (Å²) in [6.45, 7) is 0. The van der Waals surface area contributed by atoms with Crippen molar-refractivity contribution in [2.45, 2.75) is 31.3 Å². The molecule has 2 atom stereocenters. The molecule has 29 heavy (non-hydrogen) atoms. The van der Waals surface area contributed by atoms with Gasteiger partial charge in [0, 0.05) is 54.4 Å². The van der Waals surface area contributed by atoms with Crippen molar-refractivity contribution in [3.8, 4) is 22.3 Å². The Kier molecular flexibility index (Phi) is 4.40. The third-order valence-corrected chi connectivity index (χ3v) is 6.34.